The van der Waals surface area contributed by atoms with Crippen LogP contribution in [0.4, 0.5) is 10.1 Å². The van der Waals surface area contributed by atoms with Crippen molar-refractivity contribution in [1.82, 2.24) is 9.80 Å². The van der Waals surface area contributed by atoms with Gasteiger partial charge in [0.1, 0.15) is 0 Å². The average Bonchev–Trinajstić information content (AvgIpc) is 2.42. The van der Waals surface area contributed by atoms with Gasteiger partial charge in [-0.15, -0.1) is 0 Å². The van der Waals surface area contributed by atoms with Gasteiger partial charge in [0, 0.05) is 50.4 Å². The Morgan fingerprint density at radius 1 is 1.50 bits per heavy atom. The Morgan fingerprint density at radius 3 is 2.90 bits per heavy atom. The van der Waals surface area contributed by atoms with E-state index in [9.17, 15) is 14.5 Å². The Hall–Kier alpha value is -1.57. The molecule has 0 aliphatic carbocycles. The van der Waals surface area contributed by atoms with Crippen molar-refractivity contribution in [2.75, 3.05) is 33.2 Å². The highest BCUT2D eigenvalue weighted by Gasteiger charge is 2.26. The van der Waals surface area contributed by atoms with Crippen LogP contribution in [0.2, 0.25) is 0 Å². The maximum absolute atomic E-state index is 14.1. The lowest BCUT2D eigenvalue weighted by Crippen LogP contribution is -2.54. The molecule has 0 bridgehead atoms. The summed E-state index contributed by atoms with van der Waals surface area (Å²) in [6, 6.07) is 4.44. The summed E-state index contributed by atoms with van der Waals surface area (Å²) < 4.78 is 14.1. The van der Waals surface area contributed by atoms with E-state index in [2.05, 4.69) is 9.80 Å². The van der Waals surface area contributed by atoms with Crippen molar-refractivity contribution in [2.45, 2.75) is 12.6 Å². The van der Waals surface area contributed by atoms with Crippen LogP contribution in [0.5, 0.6) is 0 Å². The second-order valence-corrected chi connectivity index (χ2v) is 5.13. The van der Waals surface area contributed by atoms with Crippen molar-refractivity contribution in [2.24, 2.45) is 5.73 Å². The molecule has 1 unspecified atom stereocenters. The SMILES string of the molecule is CN1CCN(Cc2cccc([N+](=O)[O-])c2F)C(CN)C1. The van der Waals surface area contributed by atoms with Gasteiger partial charge < -0.3 is 10.6 Å². The van der Waals surface area contributed by atoms with Gasteiger partial charge >= 0.3 is 5.69 Å². The van der Waals surface area contributed by atoms with Crippen molar-refractivity contribution in [3.63, 3.8) is 0 Å². The molecule has 0 spiro atoms. The molecule has 1 atom stereocenters. The number of hydrogen-bond acceptors (Lipinski definition) is 5. The molecule has 0 saturated carbocycles. The highest BCUT2D eigenvalue weighted by atomic mass is 19.1. The molecule has 1 heterocycles. The molecule has 20 heavy (non-hydrogen) atoms. The van der Waals surface area contributed by atoms with Crippen LogP contribution in [0, 0.1) is 15.9 Å². The number of benzene rings is 1. The number of likely N-dealkylation sites (N-methyl/N-ethyl adjacent to an activating group) is 1. The fourth-order valence-electron chi connectivity index (χ4n) is 2.53. The molecular formula is C13H19FN4O2. The molecule has 110 valence electrons. The summed E-state index contributed by atoms with van der Waals surface area (Å²) in [6.07, 6.45) is 0. The van der Waals surface area contributed by atoms with Crippen molar-refractivity contribution >= 4 is 5.69 Å². The molecule has 6 nitrogen and oxygen atoms in total. The largest absolute Gasteiger partial charge is 0.329 e. The number of nitro groups is 1. The Labute approximate surface area is 117 Å². The Morgan fingerprint density at radius 2 is 2.25 bits per heavy atom. The first-order valence-corrected chi connectivity index (χ1v) is 6.57. The fourth-order valence-corrected chi connectivity index (χ4v) is 2.53. The zero-order chi connectivity index (χ0) is 14.7. The van der Waals surface area contributed by atoms with Crippen LogP contribution in [0.15, 0.2) is 18.2 Å². The van der Waals surface area contributed by atoms with E-state index >= 15 is 0 Å². The Bertz CT molecular complexity index is 497. The highest BCUT2D eigenvalue weighted by molar-refractivity contribution is 5.36. The van der Waals surface area contributed by atoms with Crippen molar-refractivity contribution in [3.05, 3.63) is 39.7 Å². The summed E-state index contributed by atoms with van der Waals surface area (Å²) in [7, 11) is 2.02. The summed E-state index contributed by atoms with van der Waals surface area (Å²) in [5, 5.41) is 10.8. The third-order valence-corrected chi connectivity index (χ3v) is 3.71. The first-order valence-electron chi connectivity index (χ1n) is 6.57. The van der Waals surface area contributed by atoms with Crippen LogP contribution in [0.25, 0.3) is 0 Å². The third-order valence-electron chi connectivity index (χ3n) is 3.71. The molecule has 2 N–H and O–H groups in total. The van der Waals surface area contributed by atoms with Gasteiger partial charge in [0.05, 0.1) is 4.92 Å². The minimum Gasteiger partial charge on any atom is -0.329 e. The van der Waals surface area contributed by atoms with Gasteiger partial charge in [0.2, 0.25) is 5.82 Å². The van der Waals surface area contributed by atoms with Gasteiger partial charge in [-0.25, -0.2) is 0 Å². The predicted octanol–water partition coefficient (Wildman–Crippen LogP) is 0.809. The van der Waals surface area contributed by atoms with Gasteiger partial charge in [0.25, 0.3) is 0 Å². The first kappa shape index (κ1) is 14.8. The number of nitrogens with zero attached hydrogens (tertiary/aromatic N) is 3. The summed E-state index contributed by atoms with van der Waals surface area (Å²) in [6.45, 7) is 3.32. The minimum absolute atomic E-state index is 0.146. The molecule has 1 aromatic rings. The lowest BCUT2D eigenvalue weighted by atomic mass is 10.1. The molecule has 0 aromatic heterocycles. The van der Waals surface area contributed by atoms with Gasteiger partial charge in [-0.3, -0.25) is 15.0 Å². The third kappa shape index (κ3) is 3.12. The molecule has 0 radical (unpaired) electrons. The molecule has 1 saturated heterocycles. The van der Waals surface area contributed by atoms with E-state index < -0.39 is 16.4 Å². The fraction of sp³-hybridized carbons (Fsp3) is 0.538. The maximum Gasteiger partial charge on any atom is 0.305 e. The van der Waals surface area contributed by atoms with Gasteiger partial charge in [-0.1, -0.05) is 12.1 Å². The lowest BCUT2D eigenvalue weighted by molar-refractivity contribution is -0.387. The van der Waals surface area contributed by atoms with Crippen LogP contribution in [-0.2, 0) is 6.54 Å². The normalized spacial score (nSPS) is 21.1. The second-order valence-electron chi connectivity index (χ2n) is 5.13. The molecule has 1 fully saturated rings. The predicted molar refractivity (Wildman–Crippen MR) is 73.8 cm³/mol. The van der Waals surface area contributed by atoms with Crippen LogP contribution in [0.1, 0.15) is 5.56 Å². The number of nitro benzene ring substituents is 1. The molecule has 1 aliphatic rings. The standard InChI is InChI=1S/C13H19FN4O2/c1-16-5-6-17(11(7-15)9-16)8-10-3-2-4-12(13(10)14)18(19)20/h2-4,11H,5-9,15H2,1H3. The first-order chi connectivity index (χ1) is 9.52. The topological polar surface area (TPSA) is 75.6 Å². The monoisotopic (exact) mass is 282 g/mol. The lowest BCUT2D eigenvalue weighted by Gasteiger charge is -2.39. The molecule has 2 rings (SSSR count). The Kier molecular flexibility index (Phi) is 4.64. The molecular weight excluding hydrogens is 263 g/mol. The van der Waals surface area contributed by atoms with E-state index in [1.54, 1.807) is 6.07 Å². The van der Waals surface area contributed by atoms with E-state index in [4.69, 9.17) is 5.73 Å². The van der Waals surface area contributed by atoms with E-state index in [0.717, 1.165) is 19.6 Å². The van der Waals surface area contributed by atoms with Crippen molar-refractivity contribution < 1.29 is 9.31 Å². The van der Waals surface area contributed by atoms with E-state index in [0.29, 0.717) is 18.7 Å². The highest BCUT2D eigenvalue weighted by Crippen LogP contribution is 2.22. The van der Waals surface area contributed by atoms with Crippen LogP contribution in [0.3, 0.4) is 0 Å². The quantitative estimate of drug-likeness (QED) is 0.653. The molecule has 0 amide bonds. The Balaban J connectivity index is 2.17. The number of rotatable bonds is 4. The zero-order valence-electron chi connectivity index (χ0n) is 11.5. The van der Waals surface area contributed by atoms with E-state index in [-0.39, 0.29) is 6.04 Å². The molecule has 1 aromatic carbocycles. The molecule has 7 heteroatoms. The van der Waals surface area contributed by atoms with Crippen LogP contribution >= 0.6 is 0 Å². The number of hydrogen-bond donors (Lipinski definition) is 1. The number of nitrogens with two attached hydrogens (primary N) is 1. The number of piperazine rings is 1. The van der Waals surface area contributed by atoms with Gasteiger partial charge in [0.15, 0.2) is 0 Å². The van der Waals surface area contributed by atoms with Crippen molar-refractivity contribution in [3.8, 4) is 0 Å². The summed E-state index contributed by atoms with van der Waals surface area (Å²) in [5.74, 6) is -0.743. The van der Waals surface area contributed by atoms with E-state index in [1.165, 1.54) is 12.1 Å². The van der Waals surface area contributed by atoms with Crippen LogP contribution in [-0.4, -0.2) is 54.0 Å². The average molecular weight is 282 g/mol. The van der Waals surface area contributed by atoms with Gasteiger partial charge in [-0.05, 0) is 7.05 Å². The van der Waals surface area contributed by atoms with E-state index in [1.807, 2.05) is 7.05 Å². The number of halogens is 1. The smallest absolute Gasteiger partial charge is 0.305 e. The summed E-state index contributed by atoms with van der Waals surface area (Å²) in [4.78, 5) is 14.3. The maximum atomic E-state index is 14.1. The van der Waals surface area contributed by atoms with Gasteiger partial charge in [-0.2, -0.15) is 4.39 Å². The summed E-state index contributed by atoms with van der Waals surface area (Å²) in [5.41, 5.74) is 5.63. The zero-order valence-corrected chi connectivity index (χ0v) is 11.5. The van der Waals surface area contributed by atoms with Crippen molar-refractivity contribution in [1.29, 1.82) is 0 Å². The summed E-state index contributed by atoms with van der Waals surface area (Å²) >= 11 is 0. The molecule has 1 aliphatic heterocycles. The van der Waals surface area contributed by atoms with Crippen LogP contribution < -0.4 is 5.73 Å². The second kappa shape index (κ2) is 6.25. The minimum atomic E-state index is -0.743.